The third kappa shape index (κ3) is 3.32. The molecular weight excluding hydrogens is 299 g/mol. The van der Waals surface area contributed by atoms with Crippen molar-refractivity contribution in [2.45, 2.75) is 0 Å². The average molecular weight is 316 g/mol. The number of morpholine rings is 1. The highest BCUT2D eigenvalue weighted by Gasteiger charge is 2.19. The molecule has 0 bridgehead atoms. The van der Waals surface area contributed by atoms with Gasteiger partial charge in [-0.15, -0.1) is 0 Å². The Morgan fingerprint density at radius 1 is 1.26 bits per heavy atom. The Morgan fingerprint density at radius 3 is 2.70 bits per heavy atom. The number of benzene rings is 1. The van der Waals surface area contributed by atoms with Gasteiger partial charge in [0.1, 0.15) is 11.6 Å². The third-order valence-electron chi connectivity index (χ3n) is 3.75. The van der Waals surface area contributed by atoms with Crippen LogP contribution in [-0.4, -0.2) is 49.2 Å². The second-order valence-corrected chi connectivity index (χ2v) is 5.18. The molecule has 1 aliphatic heterocycles. The molecule has 3 rings (SSSR count). The lowest BCUT2D eigenvalue weighted by molar-refractivity contribution is 0.0302. The standard InChI is InChI=1S/C17H17FN2O3/c1-22-16-5-3-13(18)10-14(16)15-4-2-12(11-19-15)17(21)20-6-8-23-9-7-20/h2-5,10-11H,6-9H2,1H3. The van der Waals surface area contributed by atoms with E-state index in [1.54, 1.807) is 23.1 Å². The first-order valence-corrected chi connectivity index (χ1v) is 7.36. The number of aromatic nitrogens is 1. The van der Waals surface area contributed by atoms with Crippen LogP contribution in [0.3, 0.4) is 0 Å². The van der Waals surface area contributed by atoms with Crippen LogP contribution in [0.25, 0.3) is 11.3 Å². The van der Waals surface area contributed by atoms with Crippen LogP contribution in [0.4, 0.5) is 4.39 Å². The van der Waals surface area contributed by atoms with Crippen molar-refractivity contribution >= 4 is 5.91 Å². The largest absolute Gasteiger partial charge is 0.496 e. The number of carbonyl (C=O) groups is 1. The highest BCUT2D eigenvalue weighted by atomic mass is 19.1. The molecule has 2 heterocycles. The second kappa shape index (κ2) is 6.75. The Kier molecular flexibility index (Phi) is 4.52. The van der Waals surface area contributed by atoms with Crippen molar-refractivity contribution in [3.8, 4) is 17.0 Å². The smallest absolute Gasteiger partial charge is 0.255 e. The predicted octanol–water partition coefficient (Wildman–Crippen LogP) is 2.37. The lowest BCUT2D eigenvalue weighted by Gasteiger charge is -2.26. The van der Waals surface area contributed by atoms with Gasteiger partial charge < -0.3 is 14.4 Å². The number of carbonyl (C=O) groups excluding carboxylic acids is 1. The SMILES string of the molecule is COc1ccc(F)cc1-c1ccc(C(=O)N2CCOCC2)cn1. The van der Waals surface area contributed by atoms with Gasteiger partial charge in [0.25, 0.3) is 5.91 Å². The van der Waals surface area contributed by atoms with Gasteiger partial charge in [0.2, 0.25) is 0 Å². The maximum Gasteiger partial charge on any atom is 0.255 e. The van der Waals surface area contributed by atoms with Crippen LogP contribution in [0.15, 0.2) is 36.5 Å². The van der Waals surface area contributed by atoms with Gasteiger partial charge in [-0.2, -0.15) is 0 Å². The Labute approximate surface area is 133 Å². The van der Waals surface area contributed by atoms with Crippen molar-refractivity contribution < 1.29 is 18.7 Å². The summed E-state index contributed by atoms with van der Waals surface area (Å²) in [6, 6.07) is 7.65. The molecular formula is C17H17FN2O3. The first kappa shape index (κ1) is 15.4. The molecule has 1 aliphatic rings. The number of hydrogen-bond donors (Lipinski definition) is 0. The van der Waals surface area contributed by atoms with E-state index in [1.165, 1.54) is 25.4 Å². The summed E-state index contributed by atoms with van der Waals surface area (Å²) in [5, 5.41) is 0. The minimum Gasteiger partial charge on any atom is -0.496 e. The van der Waals surface area contributed by atoms with Crippen LogP contribution in [0.1, 0.15) is 10.4 Å². The molecule has 0 atom stereocenters. The molecule has 1 amide bonds. The molecule has 120 valence electrons. The maximum absolute atomic E-state index is 13.5. The van der Waals surface area contributed by atoms with Crippen LogP contribution in [0.5, 0.6) is 5.75 Å². The molecule has 2 aromatic rings. The number of amides is 1. The van der Waals surface area contributed by atoms with Gasteiger partial charge in [-0.25, -0.2) is 4.39 Å². The minimum absolute atomic E-state index is 0.0708. The highest BCUT2D eigenvalue weighted by molar-refractivity contribution is 5.94. The van der Waals surface area contributed by atoms with Gasteiger partial charge in [-0.1, -0.05) is 0 Å². The van der Waals surface area contributed by atoms with Gasteiger partial charge in [0.05, 0.1) is 31.6 Å². The average Bonchev–Trinajstić information content (AvgIpc) is 2.62. The molecule has 0 saturated carbocycles. The minimum atomic E-state index is -0.365. The first-order chi connectivity index (χ1) is 11.2. The second-order valence-electron chi connectivity index (χ2n) is 5.18. The molecule has 1 aromatic carbocycles. The summed E-state index contributed by atoms with van der Waals surface area (Å²) in [4.78, 5) is 18.4. The molecule has 0 N–H and O–H groups in total. The number of halogens is 1. The topological polar surface area (TPSA) is 51.7 Å². The summed E-state index contributed by atoms with van der Waals surface area (Å²) in [6.07, 6.45) is 1.51. The lowest BCUT2D eigenvalue weighted by Crippen LogP contribution is -2.40. The van der Waals surface area contributed by atoms with Gasteiger partial charge in [0, 0.05) is 24.8 Å². The predicted molar refractivity (Wildman–Crippen MR) is 82.9 cm³/mol. The highest BCUT2D eigenvalue weighted by Crippen LogP contribution is 2.29. The zero-order valence-corrected chi connectivity index (χ0v) is 12.8. The summed E-state index contributed by atoms with van der Waals surface area (Å²) >= 11 is 0. The van der Waals surface area contributed by atoms with Crippen LogP contribution in [0, 0.1) is 5.82 Å². The van der Waals surface area contributed by atoms with E-state index in [0.29, 0.717) is 48.9 Å². The van der Waals surface area contributed by atoms with E-state index >= 15 is 0 Å². The summed E-state index contributed by atoms with van der Waals surface area (Å²) in [5.41, 5.74) is 1.61. The summed E-state index contributed by atoms with van der Waals surface area (Å²) in [6.45, 7) is 2.27. The molecule has 0 radical (unpaired) electrons. The van der Waals surface area contributed by atoms with E-state index in [4.69, 9.17) is 9.47 Å². The van der Waals surface area contributed by atoms with Crippen LogP contribution in [0.2, 0.25) is 0 Å². The van der Waals surface area contributed by atoms with Crippen molar-refractivity contribution in [2.24, 2.45) is 0 Å². The molecule has 5 nitrogen and oxygen atoms in total. The fourth-order valence-corrected chi connectivity index (χ4v) is 2.51. The first-order valence-electron chi connectivity index (χ1n) is 7.36. The third-order valence-corrected chi connectivity index (χ3v) is 3.75. The van der Waals surface area contributed by atoms with E-state index in [9.17, 15) is 9.18 Å². The number of nitrogens with zero attached hydrogens (tertiary/aromatic N) is 2. The van der Waals surface area contributed by atoms with Crippen molar-refractivity contribution in [1.82, 2.24) is 9.88 Å². The van der Waals surface area contributed by atoms with Crippen molar-refractivity contribution in [3.05, 3.63) is 47.9 Å². The lowest BCUT2D eigenvalue weighted by atomic mass is 10.1. The molecule has 6 heteroatoms. The Hall–Kier alpha value is -2.47. The van der Waals surface area contributed by atoms with E-state index in [-0.39, 0.29) is 11.7 Å². The van der Waals surface area contributed by atoms with E-state index in [1.807, 2.05) is 0 Å². The Bertz CT molecular complexity index is 697. The zero-order chi connectivity index (χ0) is 16.2. The van der Waals surface area contributed by atoms with Crippen molar-refractivity contribution in [1.29, 1.82) is 0 Å². The van der Waals surface area contributed by atoms with Crippen LogP contribution in [-0.2, 0) is 4.74 Å². The van der Waals surface area contributed by atoms with Crippen molar-refractivity contribution in [3.63, 3.8) is 0 Å². The molecule has 1 fully saturated rings. The molecule has 1 aromatic heterocycles. The quantitative estimate of drug-likeness (QED) is 0.872. The number of rotatable bonds is 3. The zero-order valence-electron chi connectivity index (χ0n) is 12.8. The Balaban J connectivity index is 1.84. The number of ether oxygens (including phenoxy) is 2. The summed E-state index contributed by atoms with van der Waals surface area (Å²) in [7, 11) is 1.52. The van der Waals surface area contributed by atoms with Gasteiger partial charge in [0.15, 0.2) is 0 Å². The monoisotopic (exact) mass is 316 g/mol. The van der Waals surface area contributed by atoms with E-state index < -0.39 is 0 Å². The van der Waals surface area contributed by atoms with Gasteiger partial charge >= 0.3 is 0 Å². The Morgan fingerprint density at radius 2 is 2.04 bits per heavy atom. The number of pyridine rings is 1. The van der Waals surface area contributed by atoms with Crippen molar-refractivity contribution in [2.75, 3.05) is 33.4 Å². The molecule has 23 heavy (non-hydrogen) atoms. The molecule has 0 unspecified atom stereocenters. The fourth-order valence-electron chi connectivity index (χ4n) is 2.51. The maximum atomic E-state index is 13.5. The van der Waals surface area contributed by atoms with Crippen LogP contribution >= 0.6 is 0 Å². The van der Waals surface area contributed by atoms with Gasteiger partial charge in [-0.05, 0) is 30.3 Å². The summed E-state index contributed by atoms with van der Waals surface area (Å²) < 4.78 is 23.9. The molecule has 0 spiro atoms. The van der Waals surface area contributed by atoms with Gasteiger partial charge in [-0.3, -0.25) is 9.78 Å². The number of methoxy groups -OCH3 is 1. The molecule has 0 aliphatic carbocycles. The van der Waals surface area contributed by atoms with Crippen LogP contribution < -0.4 is 4.74 Å². The van der Waals surface area contributed by atoms with E-state index in [0.717, 1.165) is 0 Å². The molecule has 1 saturated heterocycles. The van der Waals surface area contributed by atoms with E-state index in [2.05, 4.69) is 4.98 Å². The summed E-state index contributed by atoms with van der Waals surface area (Å²) in [5.74, 6) is 0.0979. The number of hydrogen-bond acceptors (Lipinski definition) is 4. The normalized spacial score (nSPS) is 14.6. The fraction of sp³-hybridized carbons (Fsp3) is 0.294.